The molecule has 1 atom stereocenters. The molecular formula is C15H20N2O. The van der Waals surface area contributed by atoms with Crippen LogP contribution in [-0.2, 0) is 11.3 Å². The first kappa shape index (κ1) is 14.4. The highest BCUT2D eigenvalue weighted by Crippen LogP contribution is 2.08. The highest BCUT2D eigenvalue weighted by atomic mass is 16.1. The van der Waals surface area contributed by atoms with Crippen LogP contribution in [0.2, 0.25) is 0 Å². The molecule has 0 bridgehead atoms. The molecule has 0 amide bonds. The van der Waals surface area contributed by atoms with Crippen LogP contribution in [-0.4, -0.2) is 24.3 Å². The summed E-state index contributed by atoms with van der Waals surface area (Å²) in [5, 5.41) is 8.83. The van der Waals surface area contributed by atoms with Crippen LogP contribution in [0.5, 0.6) is 0 Å². The quantitative estimate of drug-likeness (QED) is 0.772. The van der Waals surface area contributed by atoms with E-state index in [0.29, 0.717) is 18.7 Å². The fourth-order valence-corrected chi connectivity index (χ4v) is 1.76. The average Bonchev–Trinajstić information content (AvgIpc) is 2.37. The van der Waals surface area contributed by atoms with Crippen LogP contribution >= 0.6 is 0 Å². The number of nitriles is 1. The van der Waals surface area contributed by atoms with Gasteiger partial charge in [-0.05, 0) is 31.2 Å². The van der Waals surface area contributed by atoms with Crippen LogP contribution < -0.4 is 0 Å². The zero-order valence-electron chi connectivity index (χ0n) is 11.3. The van der Waals surface area contributed by atoms with E-state index in [0.717, 1.165) is 12.0 Å². The van der Waals surface area contributed by atoms with Crippen LogP contribution in [0, 0.1) is 17.2 Å². The van der Waals surface area contributed by atoms with Crippen molar-refractivity contribution < 1.29 is 4.79 Å². The predicted octanol–water partition coefficient (Wildman–Crippen LogP) is 2.61. The third-order valence-corrected chi connectivity index (χ3v) is 3.10. The first-order valence-corrected chi connectivity index (χ1v) is 6.27. The van der Waals surface area contributed by atoms with Crippen molar-refractivity contribution in [2.75, 3.05) is 13.6 Å². The van der Waals surface area contributed by atoms with E-state index in [1.165, 1.54) is 0 Å². The zero-order chi connectivity index (χ0) is 13.5. The molecule has 96 valence electrons. The van der Waals surface area contributed by atoms with Gasteiger partial charge in [-0.15, -0.1) is 0 Å². The van der Waals surface area contributed by atoms with Gasteiger partial charge in [0.05, 0.1) is 18.2 Å². The molecule has 0 radical (unpaired) electrons. The number of carbonyl (C=O) groups is 1. The summed E-state index contributed by atoms with van der Waals surface area (Å²) in [6.45, 7) is 5.15. The minimum atomic E-state index is 0.123. The molecule has 0 N–H and O–H groups in total. The Bertz CT molecular complexity index is 448. The van der Waals surface area contributed by atoms with Crippen LogP contribution in [0.15, 0.2) is 24.3 Å². The van der Waals surface area contributed by atoms with E-state index in [1.807, 2.05) is 44.0 Å². The van der Waals surface area contributed by atoms with Crippen LogP contribution in [0.25, 0.3) is 0 Å². The van der Waals surface area contributed by atoms with E-state index >= 15 is 0 Å². The molecule has 0 fully saturated rings. The average molecular weight is 244 g/mol. The minimum absolute atomic E-state index is 0.123. The Labute approximate surface area is 109 Å². The SMILES string of the molecule is CCC(C)C(=O)CN(C)Cc1cccc(C#N)c1. The molecule has 1 aromatic rings. The lowest BCUT2D eigenvalue weighted by Crippen LogP contribution is -2.28. The van der Waals surface area contributed by atoms with Gasteiger partial charge in [0.2, 0.25) is 0 Å². The Morgan fingerprint density at radius 2 is 2.22 bits per heavy atom. The molecule has 0 saturated carbocycles. The second kappa shape index (κ2) is 6.93. The minimum Gasteiger partial charge on any atom is -0.298 e. The summed E-state index contributed by atoms with van der Waals surface area (Å²) in [6.07, 6.45) is 0.886. The maximum Gasteiger partial charge on any atom is 0.149 e. The lowest BCUT2D eigenvalue weighted by Gasteiger charge is -2.18. The van der Waals surface area contributed by atoms with E-state index < -0.39 is 0 Å². The molecule has 3 heteroatoms. The summed E-state index contributed by atoms with van der Waals surface area (Å²) in [7, 11) is 1.93. The molecule has 0 spiro atoms. The fraction of sp³-hybridized carbons (Fsp3) is 0.467. The smallest absolute Gasteiger partial charge is 0.149 e. The van der Waals surface area contributed by atoms with Crippen molar-refractivity contribution in [3.05, 3.63) is 35.4 Å². The highest BCUT2D eigenvalue weighted by molar-refractivity contribution is 5.82. The number of Topliss-reactive ketones (excluding diaryl/α,β-unsaturated/α-hetero) is 1. The normalized spacial score (nSPS) is 12.2. The van der Waals surface area contributed by atoms with Crippen molar-refractivity contribution >= 4 is 5.78 Å². The summed E-state index contributed by atoms with van der Waals surface area (Å²) in [5.41, 5.74) is 1.72. The number of benzene rings is 1. The second-order valence-corrected chi connectivity index (χ2v) is 4.76. The number of carbonyl (C=O) groups excluding carboxylic acids is 1. The molecule has 0 saturated heterocycles. The maximum absolute atomic E-state index is 11.8. The molecule has 1 unspecified atom stereocenters. The molecule has 0 aromatic heterocycles. The van der Waals surface area contributed by atoms with Gasteiger partial charge in [-0.2, -0.15) is 5.26 Å². The number of rotatable bonds is 6. The van der Waals surface area contributed by atoms with Gasteiger partial charge < -0.3 is 0 Å². The molecular weight excluding hydrogens is 224 g/mol. The molecule has 1 rings (SSSR count). The Balaban J connectivity index is 2.57. The Morgan fingerprint density at radius 1 is 1.50 bits per heavy atom. The van der Waals surface area contributed by atoms with Crippen LogP contribution in [0.1, 0.15) is 31.4 Å². The molecule has 0 aliphatic heterocycles. The topological polar surface area (TPSA) is 44.1 Å². The van der Waals surface area contributed by atoms with Gasteiger partial charge in [-0.25, -0.2) is 0 Å². The number of ketones is 1. The molecule has 3 nitrogen and oxygen atoms in total. The van der Waals surface area contributed by atoms with Crippen LogP contribution in [0.3, 0.4) is 0 Å². The van der Waals surface area contributed by atoms with Gasteiger partial charge >= 0.3 is 0 Å². The van der Waals surface area contributed by atoms with Crippen molar-refractivity contribution in [1.29, 1.82) is 5.26 Å². The number of nitrogens with zero attached hydrogens (tertiary/aromatic N) is 2. The van der Waals surface area contributed by atoms with Crippen molar-refractivity contribution in [2.24, 2.45) is 5.92 Å². The van der Waals surface area contributed by atoms with Crippen LogP contribution in [0.4, 0.5) is 0 Å². The van der Waals surface area contributed by atoms with Crippen molar-refractivity contribution in [1.82, 2.24) is 4.90 Å². The third kappa shape index (κ3) is 4.31. The van der Waals surface area contributed by atoms with Gasteiger partial charge in [0.25, 0.3) is 0 Å². The van der Waals surface area contributed by atoms with Crippen molar-refractivity contribution in [2.45, 2.75) is 26.8 Å². The lowest BCUT2D eigenvalue weighted by molar-refractivity contribution is -0.123. The predicted molar refractivity (Wildman–Crippen MR) is 72.0 cm³/mol. The Hall–Kier alpha value is -1.66. The monoisotopic (exact) mass is 244 g/mol. The van der Waals surface area contributed by atoms with Gasteiger partial charge in [0.1, 0.15) is 5.78 Å². The maximum atomic E-state index is 11.8. The molecule has 1 aromatic carbocycles. The summed E-state index contributed by atoms with van der Waals surface area (Å²) >= 11 is 0. The molecule has 18 heavy (non-hydrogen) atoms. The fourth-order valence-electron chi connectivity index (χ4n) is 1.76. The molecule has 0 heterocycles. The lowest BCUT2D eigenvalue weighted by atomic mass is 10.0. The van der Waals surface area contributed by atoms with Gasteiger partial charge in [0.15, 0.2) is 0 Å². The third-order valence-electron chi connectivity index (χ3n) is 3.10. The number of hydrogen-bond acceptors (Lipinski definition) is 3. The van der Waals surface area contributed by atoms with E-state index in [2.05, 4.69) is 6.07 Å². The van der Waals surface area contributed by atoms with E-state index in [-0.39, 0.29) is 11.7 Å². The van der Waals surface area contributed by atoms with Crippen molar-refractivity contribution in [3.8, 4) is 6.07 Å². The number of hydrogen-bond donors (Lipinski definition) is 0. The standard InChI is InChI=1S/C15H20N2O/c1-4-12(2)15(18)11-17(3)10-14-7-5-6-13(8-14)9-16/h5-8,12H,4,10-11H2,1-3H3. The van der Waals surface area contributed by atoms with Gasteiger partial charge in [0, 0.05) is 12.5 Å². The summed E-state index contributed by atoms with van der Waals surface area (Å²) in [4.78, 5) is 13.8. The first-order chi connectivity index (χ1) is 8.56. The van der Waals surface area contributed by atoms with Crippen molar-refractivity contribution in [3.63, 3.8) is 0 Å². The van der Waals surface area contributed by atoms with Gasteiger partial charge in [-0.1, -0.05) is 26.0 Å². The van der Waals surface area contributed by atoms with E-state index in [1.54, 1.807) is 6.07 Å². The van der Waals surface area contributed by atoms with E-state index in [4.69, 9.17) is 5.26 Å². The largest absolute Gasteiger partial charge is 0.298 e. The summed E-state index contributed by atoms with van der Waals surface area (Å²) in [5.74, 6) is 0.398. The van der Waals surface area contributed by atoms with E-state index in [9.17, 15) is 4.79 Å². The highest BCUT2D eigenvalue weighted by Gasteiger charge is 2.13. The summed E-state index contributed by atoms with van der Waals surface area (Å²) < 4.78 is 0. The first-order valence-electron chi connectivity index (χ1n) is 6.27. The number of likely N-dealkylation sites (N-methyl/N-ethyl adjacent to an activating group) is 1. The Kier molecular flexibility index (Phi) is 5.54. The summed E-state index contributed by atoms with van der Waals surface area (Å²) in [6, 6.07) is 9.62. The second-order valence-electron chi connectivity index (χ2n) is 4.76. The Morgan fingerprint density at radius 3 is 2.83 bits per heavy atom. The molecule has 0 aliphatic carbocycles. The zero-order valence-corrected chi connectivity index (χ0v) is 11.3. The van der Waals surface area contributed by atoms with Gasteiger partial charge in [-0.3, -0.25) is 9.69 Å². The molecule has 0 aliphatic rings.